The van der Waals surface area contributed by atoms with Crippen molar-refractivity contribution in [3.8, 4) is 23.0 Å². The Labute approximate surface area is 249 Å². The van der Waals surface area contributed by atoms with Crippen molar-refractivity contribution in [2.75, 3.05) is 45.0 Å². The molecule has 2 fully saturated rings. The molecule has 2 aromatic heterocycles. The van der Waals surface area contributed by atoms with Crippen LogP contribution in [0.2, 0.25) is 0 Å². The molecule has 9 nitrogen and oxygen atoms in total. The number of ether oxygens (including phenoxy) is 3. The van der Waals surface area contributed by atoms with Gasteiger partial charge in [0, 0.05) is 32.0 Å². The van der Waals surface area contributed by atoms with Crippen LogP contribution in [-0.4, -0.2) is 71.8 Å². The van der Waals surface area contributed by atoms with Gasteiger partial charge < -0.3 is 29.5 Å². The number of anilines is 1. The van der Waals surface area contributed by atoms with Crippen LogP contribution in [0.4, 0.5) is 14.6 Å². The molecule has 1 atom stereocenters. The lowest BCUT2D eigenvalue weighted by Gasteiger charge is -2.38. The molecule has 0 unspecified atom stereocenters. The number of aliphatic hydroxyl groups is 1. The normalized spacial score (nSPS) is 19.7. The Balaban J connectivity index is 1.56. The standard InChI is InChI=1S/C32H37F2N5O4/c1-4-22-25(33)7-6-19-14-21(42-18-41-3)15-23(26(19)22)28-27(34)29-24(16-36-28)30(39-13-5-10-32(2,40)17-39)38-31(37-29)43-20-8-11-35-12-9-20/h6-7,14-16,20,35,40H,4-5,8-13,17-18H2,1-3H3/t32-/m1/s1. The molecule has 2 aromatic carbocycles. The number of halogens is 2. The third-order valence-corrected chi connectivity index (χ3v) is 8.27. The second-order valence-electron chi connectivity index (χ2n) is 11.6. The van der Waals surface area contributed by atoms with Gasteiger partial charge in [0.1, 0.15) is 34.7 Å². The SMILES string of the molecule is CCc1c(F)ccc2cc(OCOC)cc(-c3ncc4c(N5CCC[C@@](C)(O)C5)nc(OC5CCNCC5)nc4c3F)c12. The predicted molar refractivity (Wildman–Crippen MR) is 161 cm³/mol. The van der Waals surface area contributed by atoms with Gasteiger partial charge in [0.25, 0.3) is 0 Å². The molecule has 11 heteroatoms. The molecule has 0 spiro atoms. The van der Waals surface area contributed by atoms with Gasteiger partial charge >= 0.3 is 6.01 Å². The zero-order valence-electron chi connectivity index (χ0n) is 24.8. The maximum Gasteiger partial charge on any atom is 0.319 e. The number of nitrogens with zero attached hydrogens (tertiary/aromatic N) is 4. The summed E-state index contributed by atoms with van der Waals surface area (Å²) in [5.74, 6) is -0.138. The fourth-order valence-corrected chi connectivity index (χ4v) is 6.20. The minimum atomic E-state index is -0.917. The molecule has 2 saturated heterocycles. The average molecular weight is 594 g/mol. The van der Waals surface area contributed by atoms with Gasteiger partial charge in [0.2, 0.25) is 0 Å². The second kappa shape index (κ2) is 12.1. The van der Waals surface area contributed by atoms with Gasteiger partial charge in [-0.05, 0) is 86.7 Å². The first-order valence-corrected chi connectivity index (χ1v) is 14.9. The predicted octanol–water partition coefficient (Wildman–Crippen LogP) is 5.15. The minimum absolute atomic E-state index is 0.00596. The Bertz CT molecular complexity index is 1640. The molecule has 0 saturated carbocycles. The summed E-state index contributed by atoms with van der Waals surface area (Å²) in [5.41, 5.74) is 0.000543. The molecule has 6 rings (SSSR count). The lowest BCUT2D eigenvalue weighted by Crippen LogP contribution is -2.46. The number of nitrogens with one attached hydrogen (secondary N) is 1. The lowest BCUT2D eigenvalue weighted by atomic mass is 9.94. The van der Waals surface area contributed by atoms with Gasteiger partial charge in [-0.15, -0.1) is 0 Å². The van der Waals surface area contributed by atoms with Crippen molar-refractivity contribution in [2.45, 2.75) is 57.7 Å². The van der Waals surface area contributed by atoms with Crippen LogP contribution >= 0.6 is 0 Å². The third kappa shape index (κ3) is 5.93. The molecule has 0 bridgehead atoms. The van der Waals surface area contributed by atoms with Crippen molar-refractivity contribution in [3.63, 3.8) is 0 Å². The van der Waals surface area contributed by atoms with E-state index in [2.05, 4.69) is 15.3 Å². The number of methoxy groups -OCH3 is 1. The Morgan fingerprint density at radius 3 is 2.72 bits per heavy atom. The minimum Gasteiger partial charge on any atom is -0.468 e. The monoisotopic (exact) mass is 593 g/mol. The van der Waals surface area contributed by atoms with E-state index in [4.69, 9.17) is 19.2 Å². The van der Waals surface area contributed by atoms with Crippen LogP contribution in [0.1, 0.15) is 45.1 Å². The van der Waals surface area contributed by atoms with Crippen LogP contribution in [0.3, 0.4) is 0 Å². The summed E-state index contributed by atoms with van der Waals surface area (Å²) in [4.78, 5) is 15.8. The highest BCUT2D eigenvalue weighted by Crippen LogP contribution is 2.40. The molecule has 2 aliphatic heterocycles. The number of aryl methyl sites for hydroxylation is 1. The number of rotatable bonds is 8. The summed E-state index contributed by atoms with van der Waals surface area (Å²) in [5, 5.41) is 15.8. The number of benzene rings is 2. The fraction of sp³-hybridized carbons (Fsp3) is 0.469. The highest BCUT2D eigenvalue weighted by Gasteiger charge is 2.32. The van der Waals surface area contributed by atoms with E-state index in [0.29, 0.717) is 64.8 Å². The number of β-amino-alcohol motifs (C(OH)–C–C–N with tert-alkyl or cyclic N) is 1. The van der Waals surface area contributed by atoms with Crippen LogP contribution in [0.15, 0.2) is 30.5 Å². The highest BCUT2D eigenvalue weighted by molar-refractivity contribution is 6.01. The summed E-state index contributed by atoms with van der Waals surface area (Å²) in [6.07, 6.45) is 4.83. The van der Waals surface area contributed by atoms with Crippen molar-refractivity contribution in [1.29, 1.82) is 0 Å². The number of pyridine rings is 1. The molecular formula is C32H37F2N5O4. The number of hydrogen-bond donors (Lipinski definition) is 2. The lowest BCUT2D eigenvalue weighted by molar-refractivity contribution is 0.0447. The van der Waals surface area contributed by atoms with E-state index in [1.165, 1.54) is 13.2 Å². The van der Waals surface area contributed by atoms with Gasteiger partial charge in [-0.25, -0.2) is 8.78 Å². The first-order valence-electron chi connectivity index (χ1n) is 14.9. The van der Waals surface area contributed by atoms with Crippen LogP contribution in [0.25, 0.3) is 32.9 Å². The summed E-state index contributed by atoms with van der Waals surface area (Å²) >= 11 is 0. The van der Waals surface area contributed by atoms with Gasteiger partial charge in [-0.2, -0.15) is 9.97 Å². The zero-order chi connectivity index (χ0) is 30.1. The Hall–Kier alpha value is -3.67. The van der Waals surface area contributed by atoms with Gasteiger partial charge in [0.15, 0.2) is 12.6 Å². The van der Waals surface area contributed by atoms with E-state index in [0.717, 1.165) is 32.4 Å². The summed E-state index contributed by atoms with van der Waals surface area (Å²) in [6, 6.07) is 6.58. The molecule has 0 aliphatic carbocycles. The van der Waals surface area contributed by atoms with Crippen molar-refractivity contribution in [2.24, 2.45) is 0 Å². The van der Waals surface area contributed by atoms with Gasteiger partial charge in [-0.1, -0.05) is 13.0 Å². The summed E-state index contributed by atoms with van der Waals surface area (Å²) in [7, 11) is 1.51. The van der Waals surface area contributed by atoms with E-state index in [1.54, 1.807) is 31.3 Å². The summed E-state index contributed by atoms with van der Waals surface area (Å²) in [6.45, 7) is 6.24. The second-order valence-corrected chi connectivity index (χ2v) is 11.6. The first kappa shape index (κ1) is 29.4. The van der Waals surface area contributed by atoms with Crippen LogP contribution in [0, 0.1) is 11.6 Å². The molecule has 0 radical (unpaired) electrons. The smallest absolute Gasteiger partial charge is 0.319 e. The van der Waals surface area contributed by atoms with Gasteiger partial charge in [-0.3, -0.25) is 4.98 Å². The van der Waals surface area contributed by atoms with Gasteiger partial charge in [0.05, 0.1) is 11.0 Å². The number of fused-ring (bicyclic) bond motifs is 2. The molecule has 2 N–H and O–H groups in total. The molecule has 228 valence electrons. The Morgan fingerprint density at radius 2 is 1.98 bits per heavy atom. The molecule has 2 aliphatic rings. The van der Waals surface area contributed by atoms with E-state index in [1.807, 2.05) is 11.8 Å². The average Bonchev–Trinajstić information content (AvgIpc) is 3.00. The number of piperidine rings is 2. The Kier molecular flexibility index (Phi) is 8.30. The quantitative estimate of drug-likeness (QED) is 0.269. The van der Waals surface area contributed by atoms with E-state index in [-0.39, 0.29) is 35.9 Å². The molecular weight excluding hydrogens is 556 g/mol. The zero-order valence-corrected chi connectivity index (χ0v) is 24.8. The van der Waals surface area contributed by atoms with Crippen molar-refractivity contribution < 1.29 is 28.1 Å². The van der Waals surface area contributed by atoms with E-state index >= 15 is 8.78 Å². The third-order valence-electron chi connectivity index (χ3n) is 8.27. The van der Waals surface area contributed by atoms with Crippen LogP contribution < -0.4 is 19.7 Å². The topological polar surface area (TPSA) is 102 Å². The molecule has 4 aromatic rings. The van der Waals surface area contributed by atoms with Crippen LogP contribution in [0.5, 0.6) is 11.8 Å². The van der Waals surface area contributed by atoms with E-state index in [9.17, 15) is 5.11 Å². The fourth-order valence-electron chi connectivity index (χ4n) is 6.20. The van der Waals surface area contributed by atoms with Crippen LogP contribution in [-0.2, 0) is 11.2 Å². The van der Waals surface area contributed by atoms with Crippen molar-refractivity contribution in [1.82, 2.24) is 20.3 Å². The van der Waals surface area contributed by atoms with E-state index < -0.39 is 11.4 Å². The number of aromatic nitrogens is 3. The number of hydrogen-bond acceptors (Lipinski definition) is 9. The Morgan fingerprint density at radius 1 is 1.16 bits per heavy atom. The maximum atomic E-state index is 16.8. The highest BCUT2D eigenvalue weighted by atomic mass is 19.1. The summed E-state index contributed by atoms with van der Waals surface area (Å²) < 4.78 is 48.9. The maximum absolute atomic E-state index is 16.8. The molecule has 4 heterocycles. The van der Waals surface area contributed by atoms with Crippen molar-refractivity contribution in [3.05, 3.63) is 47.7 Å². The molecule has 43 heavy (non-hydrogen) atoms. The first-order chi connectivity index (χ1) is 20.8. The largest absolute Gasteiger partial charge is 0.468 e. The van der Waals surface area contributed by atoms with Crippen molar-refractivity contribution >= 4 is 27.5 Å². The molecule has 0 amide bonds.